The van der Waals surface area contributed by atoms with Gasteiger partial charge in [-0.25, -0.2) is 0 Å². The number of allylic oxidation sites excluding steroid dienone is 4. The summed E-state index contributed by atoms with van der Waals surface area (Å²) in [6.45, 7) is 7.46. The van der Waals surface area contributed by atoms with Gasteiger partial charge in [0.2, 0.25) is 0 Å². The monoisotopic (exact) mass is 760 g/mol. The van der Waals surface area contributed by atoms with Crippen molar-refractivity contribution >= 4 is 17.9 Å². The van der Waals surface area contributed by atoms with E-state index in [4.69, 9.17) is 14.2 Å². The summed E-state index contributed by atoms with van der Waals surface area (Å²) in [5.41, 5.74) is 0. The molecule has 1 atom stereocenters. The standard InChI is InChI=1S/C47H85NO6/c1-3-5-7-9-11-13-15-17-19-21-23-25-27-29-31-36-45(49)52-42-44(43-53-46(50)38-35-41-48-39-33-34-40-48)54-47(51)37-32-30-28-26-24-22-20-18-16-14-12-10-8-6-4-2/h17-20,44H,3-16,21-43H2,1-2H3. The lowest BCUT2D eigenvalue weighted by Crippen LogP contribution is -2.31. The van der Waals surface area contributed by atoms with E-state index in [9.17, 15) is 14.4 Å². The van der Waals surface area contributed by atoms with E-state index in [-0.39, 0.29) is 31.1 Å². The number of rotatable bonds is 39. The molecule has 0 aromatic heterocycles. The van der Waals surface area contributed by atoms with Crippen molar-refractivity contribution in [2.45, 2.75) is 225 Å². The first kappa shape index (κ1) is 49.9. The van der Waals surface area contributed by atoms with Crippen molar-refractivity contribution in [1.82, 2.24) is 4.90 Å². The Morgan fingerprint density at radius 1 is 0.463 bits per heavy atom. The zero-order valence-corrected chi connectivity index (χ0v) is 35.4. The molecule has 7 nitrogen and oxygen atoms in total. The third kappa shape index (κ3) is 34.3. The van der Waals surface area contributed by atoms with Crippen LogP contribution in [0.15, 0.2) is 24.3 Å². The topological polar surface area (TPSA) is 82.1 Å². The summed E-state index contributed by atoms with van der Waals surface area (Å²) < 4.78 is 16.7. The number of likely N-dealkylation sites (tertiary alicyclic amines) is 1. The fourth-order valence-corrected chi connectivity index (χ4v) is 7.01. The Bertz CT molecular complexity index is 927. The summed E-state index contributed by atoms with van der Waals surface area (Å²) in [4.78, 5) is 40.0. The van der Waals surface area contributed by atoms with Crippen LogP contribution in [0, 0.1) is 0 Å². The first-order valence-electron chi connectivity index (χ1n) is 23.1. The van der Waals surface area contributed by atoms with Gasteiger partial charge in [-0.1, -0.05) is 141 Å². The molecule has 1 heterocycles. The predicted molar refractivity (Wildman–Crippen MR) is 226 cm³/mol. The summed E-state index contributed by atoms with van der Waals surface area (Å²) in [5.74, 6) is -0.911. The molecule has 0 aliphatic carbocycles. The molecule has 1 rings (SSSR count). The van der Waals surface area contributed by atoms with Crippen LogP contribution in [0.1, 0.15) is 219 Å². The molecular formula is C47H85NO6. The lowest BCUT2D eigenvalue weighted by molar-refractivity contribution is -0.167. The third-order valence-corrected chi connectivity index (χ3v) is 10.5. The molecular weight excluding hydrogens is 675 g/mol. The maximum absolute atomic E-state index is 12.7. The van der Waals surface area contributed by atoms with E-state index in [1.54, 1.807) is 0 Å². The zero-order chi connectivity index (χ0) is 39.0. The number of hydrogen-bond acceptors (Lipinski definition) is 7. The van der Waals surface area contributed by atoms with Crippen molar-refractivity contribution in [2.75, 3.05) is 32.8 Å². The van der Waals surface area contributed by atoms with Crippen molar-refractivity contribution in [1.29, 1.82) is 0 Å². The van der Waals surface area contributed by atoms with Crippen molar-refractivity contribution in [3.8, 4) is 0 Å². The Morgan fingerprint density at radius 2 is 0.815 bits per heavy atom. The first-order valence-corrected chi connectivity index (χ1v) is 23.1. The second-order valence-corrected chi connectivity index (χ2v) is 15.8. The van der Waals surface area contributed by atoms with Gasteiger partial charge >= 0.3 is 17.9 Å². The van der Waals surface area contributed by atoms with E-state index in [0.717, 1.165) is 77.4 Å². The van der Waals surface area contributed by atoms with Crippen LogP contribution in [0.25, 0.3) is 0 Å². The molecule has 0 saturated carbocycles. The normalized spacial score (nSPS) is 14.0. The van der Waals surface area contributed by atoms with Crippen LogP contribution in [0.2, 0.25) is 0 Å². The van der Waals surface area contributed by atoms with Gasteiger partial charge in [-0.3, -0.25) is 14.4 Å². The van der Waals surface area contributed by atoms with Gasteiger partial charge in [-0.05, 0) is 103 Å². The van der Waals surface area contributed by atoms with Gasteiger partial charge in [-0.15, -0.1) is 0 Å². The minimum atomic E-state index is -0.777. The number of carbonyl (C=O) groups is 3. The zero-order valence-electron chi connectivity index (χ0n) is 35.4. The minimum Gasteiger partial charge on any atom is -0.462 e. The largest absolute Gasteiger partial charge is 0.462 e. The van der Waals surface area contributed by atoms with Gasteiger partial charge in [0.1, 0.15) is 13.2 Å². The summed E-state index contributed by atoms with van der Waals surface area (Å²) in [5, 5.41) is 0. The van der Waals surface area contributed by atoms with Gasteiger partial charge < -0.3 is 19.1 Å². The molecule has 1 aliphatic rings. The molecule has 1 saturated heterocycles. The van der Waals surface area contributed by atoms with E-state index in [1.165, 1.54) is 128 Å². The SMILES string of the molecule is CCCCCCCCC=CCCCCCCCC(=O)OCC(COC(=O)CCCN1CCCC1)OC(=O)CCCCCCCC=CCCCCCCCC. The van der Waals surface area contributed by atoms with Crippen LogP contribution in [0.3, 0.4) is 0 Å². The van der Waals surface area contributed by atoms with Crippen molar-refractivity contribution < 1.29 is 28.6 Å². The molecule has 314 valence electrons. The molecule has 0 spiro atoms. The van der Waals surface area contributed by atoms with E-state index in [2.05, 4.69) is 43.1 Å². The van der Waals surface area contributed by atoms with Crippen LogP contribution < -0.4 is 0 Å². The third-order valence-electron chi connectivity index (χ3n) is 10.5. The number of hydrogen-bond donors (Lipinski definition) is 0. The van der Waals surface area contributed by atoms with E-state index in [0.29, 0.717) is 19.3 Å². The van der Waals surface area contributed by atoms with Crippen LogP contribution in [-0.2, 0) is 28.6 Å². The van der Waals surface area contributed by atoms with E-state index < -0.39 is 6.10 Å². The molecule has 1 unspecified atom stereocenters. The molecule has 1 fully saturated rings. The Kier molecular flexibility index (Phi) is 36.1. The van der Waals surface area contributed by atoms with Crippen LogP contribution >= 0.6 is 0 Å². The van der Waals surface area contributed by atoms with Crippen molar-refractivity contribution in [3.63, 3.8) is 0 Å². The van der Waals surface area contributed by atoms with Crippen LogP contribution in [0.5, 0.6) is 0 Å². The van der Waals surface area contributed by atoms with Gasteiger partial charge in [0.15, 0.2) is 6.10 Å². The van der Waals surface area contributed by atoms with E-state index in [1.807, 2.05) is 0 Å². The Labute approximate surface area is 333 Å². The number of unbranched alkanes of at least 4 members (excludes halogenated alkanes) is 22. The molecule has 0 amide bonds. The van der Waals surface area contributed by atoms with Crippen molar-refractivity contribution in [3.05, 3.63) is 24.3 Å². The molecule has 0 aromatic rings. The highest BCUT2D eigenvalue weighted by molar-refractivity contribution is 5.71. The molecule has 0 aromatic carbocycles. The summed E-state index contributed by atoms with van der Waals surface area (Å²) >= 11 is 0. The Balaban J connectivity index is 2.23. The molecule has 0 bridgehead atoms. The average Bonchev–Trinajstić information content (AvgIpc) is 3.69. The maximum Gasteiger partial charge on any atom is 0.306 e. The molecule has 54 heavy (non-hydrogen) atoms. The van der Waals surface area contributed by atoms with Gasteiger partial charge in [0, 0.05) is 19.3 Å². The Hall–Kier alpha value is -2.15. The van der Waals surface area contributed by atoms with Crippen LogP contribution in [0.4, 0.5) is 0 Å². The summed E-state index contributed by atoms with van der Waals surface area (Å²) in [6.07, 6.45) is 44.1. The van der Waals surface area contributed by atoms with Crippen molar-refractivity contribution in [2.24, 2.45) is 0 Å². The quantitative estimate of drug-likeness (QED) is 0.0267. The fourth-order valence-electron chi connectivity index (χ4n) is 7.01. The number of ether oxygens (including phenoxy) is 3. The summed E-state index contributed by atoms with van der Waals surface area (Å²) in [6, 6.07) is 0. The van der Waals surface area contributed by atoms with Gasteiger partial charge in [0.25, 0.3) is 0 Å². The average molecular weight is 760 g/mol. The molecule has 0 N–H and O–H groups in total. The van der Waals surface area contributed by atoms with Crippen LogP contribution in [-0.4, -0.2) is 61.8 Å². The number of carbonyl (C=O) groups excluding carboxylic acids is 3. The Morgan fingerprint density at radius 3 is 1.24 bits per heavy atom. The summed E-state index contributed by atoms with van der Waals surface area (Å²) in [7, 11) is 0. The number of nitrogens with zero attached hydrogens (tertiary/aromatic N) is 1. The second-order valence-electron chi connectivity index (χ2n) is 15.8. The molecule has 1 aliphatic heterocycles. The highest BCUT2D eigenvalue weighted by atomic mass is 16.6. The predicted octanol–water partition coefficient (Wildman–Crippen LogP) is 12.9. The molecule has 7 heteroatoms. The number of esters is 3. The second kappa shape index (κ2) is 39.1. The smallest absolute Gasteiger partial charge is 0.306 e. The lowest BCUT2D eigenvalue weighted by atomic mass is 10.1. The fraction of sp³-hybridized carbons (Fsp3) is 0.851. The van der Waals surface area contributed by atoms with Gasteiger partial charge in [0.05, 0.1) is 0 Å². The highest BCUT2D eigenvalue weighted by Crippen LogP contribution is 2.14. The highest BCUT2D eigenvalue weighted by Gasteiger charge is 2.20. The molecule has 0 radical (unpaired) electrons. The van der Waals surface area contributed by atoms with E-state index >= 15 is 0 Å². The maximum atomic E-state index is 12.7. The lowest BCUT2D eigenvalue weighted by Gasteiger charge is -2.18. The minimum absolute atomic E-state index is 0.0803. The van der Waals surface area contributed by atoms with Gasteiger partial charge in [-0.2, -0.15) is 0 Å². The first-order chi connectivity index (χ1) is 26.5.